The highest BCUT2D eigenvalue weighted by atomic mass is 16.5. The van der Waals surface area contributed by atoms with Gasteiger partial charge in [0.1, 0.15) is 0 Å². The molecule has 8 nitrogen and oxygen atoms in total. The second-order valence-electron chi connectivity index (χ2n) is 6.70. The molecule has 1 aliphatic heterocycles. The first kappa shape index (κ1) is 21.4. The average molecular weight is 389 g/mol. The van der Waals surface area contributed by atoms with Gasteiger partial charge in [-0.3, -0.25) is 19.2 Å². The lowest BCUT2D eigenvalue weighted by Crippen LogP contribution is -2.46. The number of nitrogens with zero attached hydrogens (tertiary/aromatic N) is 1. The van der Waals surface area contributed by atoms with Crippen molar-refractivity contribution >= 4 is 29.4 Å². The number of nitrogens with one attached hydrogen (secondary N) is 2. The van der Waals surface area contributed by atoms with Crippen LogP contribution in [-0.2, 0) is 19.1 Å². The largest absolute Gasteiger partial charge is 0.466 e. The fraction of sp³-hybridized carbons (Fsp3) is 0.500. The summed E-state index contributed by atoms with van der Waals surface area (Å²) in [7, 11) is 0. The molecule has 2 N–H and O–H groups in total. The molecule has 0 spiro atoms. The van der Waals surface area contributed by atoms with Gasteiger partial charge >= 0.3 is 5.97 Å². The zero-order valence-electron chi connectivity index (χ0n) is 16.3. The van der Waals surface area contributed by atoms with Crippen molar-refractivity contribution in [2.45, 2.75) is 45.6 Å². The Balaban J connectivity index is 1.80. The molecule has 0 unspecified atom stereocenters. The number of ether oxygens (including phenoxy) is 1. The van der Waals surface area contributed by atoms with Gasteiger partial charge in [-0.2, -0.15) is 0 Å². The Hall–Kier alpha value is -2.90. The van der Waals surface area contributed by atoms with E-state index in [1.807, 2.05) is 0 Å². The molecule has 1 aromatic carbocycles. The first-order valence-corrected chi connectivity index (χ1v) is 9.51. The van der Waals surface area contributed by atoms with Crippen LogP contribution in [0, 0.1) is 0 Å². The summed E-state index contributed by atoms with van der Waals surface area (Å²) in [6.07, 6.45) is 1.49. The molecule has 8 heteroatoms. The summed E-state index contributed by atoms with van der Waals surface area (Å²) >= 11 is 0. The fourth-order valence-electron chi connectivity index (χ4n) is 3.09. The molecule has 0 atom stereocenters. The zero-order chi connectivity index (χ0) is 20.5. The minimum absolute atomic E-state index is 0.00976. The number of amides is 3. The minimum Gasteiger partial charge on any atom is -0.466 e. The summed E-state index contributed by atoms with van der Waals surface area (Å²) in [6, 6.07) is 6.83. The summed E-state index contributed by atoms with van der Waals surface area (Å²) in [6.45, 7) is 4.52. The van der Waals surface area contributed by atoms with E-state index in [2.05, 4.69) is 10.6 Å². The first-order chi connectivity index (χ1) is 13.4. The molecule has 1 aliphatic rings. The number of esters is 1. The topological polar surface area (TPSA) is 105 Å². The van der Waals surface area contributed by atoms with Crippen molar-refractivity contribution in [3.63, 3.8) is 0 Å². The van der Waals surface area contributed by atoms with Gasteiger partial charge in [0.25, 0.3) is 5.91 Å². The summed E-state index contributed by atoms with van der Waals surface area (Å²) < 4.78 is 4.81. The third-order valence-electron chi connectivity index (χ3n) is 4.44. The van der Waals surface area contributed by atoms with E-state index in [1.54, 1.807) is 36.1 Å². The molecule has 1 heterocycles. The summed E-state index contributed by atoms with van der Waals surface area (Å²) in [5.74, 6) is -0.844. The van der Waals surface area contributed by atoms with Crippen LogP contribution in [0.5, 0.6) is 0 Å². The average Bonchev–Trinajstić information content (AvgIpc) is 2.66. The van der Waals surface area contributed by atoms with Crippen LogP contribution in [0.2, 0.25) is 0 Å². The van der Waals surface area contributed by atoms with Gasteiger partial charge in [-0.05, 0) is 38.0 Å². The predicted octanol–water partition coefficient (Wildman–Crippen LogP) is 1.71. The molecule has 2 rings (SSSR count). The van der Waals surface area contributed by atoms with Crippen LogP contribution in [-0.4, -0.2) is 54.3 Å². The summed E-state index contributed by atoms with van der Waals surface area (Å²) in [4.78, 5) is 48.8. The van der Waals surface area contributed by atoms with Crippen molar-refractivity contribution in [1.29, 1.82) is 0 Å². The molecular weight excluding hydrogens is 362 g/mol. The van der Waals surface area contributed by atoms with Crippen molar-refractivity contribution in [2.24, 2.45) is 0 Å². The van der Waals surface area contributed by atoms with E-state index >= 15 is 0 Å². The maximum absolute atomic E-state index is 12.7. The Bertz CT molecular complexity index is 726. The second-order valence-corrected chi connectivity index (χ2v) is 6.70. The maximum Gasteiger partial charge on any atom is 0.306 e. The quantitative estimate of drug-likeness (QED) is 0.691. The van der Waals surface area contributed by atoms with Gasteiger partial charge in [-0.15, -0.1) is 0 Å². The van der Waals surface area contributed by atoms with Crippen molar-refractivity contribution in [3.05, 3.63) is 29.8 Å². The molecule has 0 bridgehead atoms. The van der Waals surface area contributed by atoms with Crippen molar-refractivity contribution in [1.82, 2.24) is 10.2 Å². The Morgan fingerprint density at radius 3 is 2.50 bits per heavy atom. The van der Waals surface area contributed by atoms with Gasteiger partial charge in [0, 0.05) is 43.7 Å². The number of carbonyl (C=O) groups is 4. The van der Waals surface area contributed by atoms with Crippen LogP contribution in [0.25, 0.3) is 0 Å². The molecule has 0 aliphatic carbocycles. The number of hydrogen-bond acceptors (Lipinski definition) is 5. The molecule has 0 aromatic heterocycles. The van der Waals surface area contributed by atoms with E-state index in [9.17, 15) is 19.2 Å². The molecule has 0 saturated carbocycles. The third-order valence-corrected chi connectivity index (χ3v) is 4.44. The van der Waals surface area contributed by atoms with Crippen LogP contribution < -0.4 is 10.6 Å². The number of carbonyl (C=O) groups excluding carboxylic acids is 4. The van der Waals surface area contributed by atoms with Gasteiger partial charge in [0.2, 0.25) is 11.8 Å². The molecule has 152 valence electrons. The standard InChI is InChI=1S/C20H27N3O5/c1-3-28-19(26)8-7-18(25)22-16-9-11-23(12-10-16)20(27)15-5-4-6-17(13-15)21-14(2)24/h4-6,13,16H,3,7-12H2,1-2H3,(H,21,24)(H,22,25). The number of hydrogen-bond donors (Lipinski definition) is 2. The van der Waals surface area contributed by atoms with Crippen molar-refractivity contribution < 1.29 is 23.9 Å². The van der Waals surface area contributed by atoms with Gasteiger partial charge < -0.3 is 20.3 Å². The fourth-order valence-corrected chi connectivity index (χ4v) is 3.09. The number of piperidine rings is 1. The molecule has 28 heavy (non-hydrogen) atoms. The second kappa shape index (κ2) is 10.4. The highest BCUT2D eigenvalue weighted by Crippen LogP contribution is 2.17. The SMILES string of the molecule is CCOC(=O)CCC(=O)NC1CCN(C(=O)c2cccc(NC(C)=O)c2)CC1. The molecule has 1 saturated heterocycles. The van der Waals surface area contributed by atoms with Crippen LogP contribution in [0.15, 0.2) is 24.3 Å². The van der Waals surface area contributed by atoms with Crippen LogP contribution in [0.3, 0.4) is 0 Å². The third kappa shape index (κ3) is 6.68. The van der Waals surface area contributed by atoms with Gasteiger partial charge in [0.05, 0.1) is 13.0 Å². The Kier molecular flexibility index (Phi) is 7.98. The maximum atomic E-state index is 12.7. The van der Waals surface area contributed by atoms with E-state index in [4.69, 9.17) is 4.74 Å². The molecule has 1 aromatic rings. The van der Waals surface area contributed by atoms with E-state index in [0.29, 0.717) is 43.8 Å². The lowest BCUT2D eigenvalue weighted by atomic mass is 10.0. The van der Waals surface area contributed by atoms with Gasteiger partial charge in [0.15, 0.2) is 0 Å². The highest BCUT2D eigenvalue weighted by molar-refractivity contribution is 5.96. The van der Waals surface area contributed by atoms with Crippen molar-refractivity contribution in [3.8, 4) is 0 Å². The van der Waals surface area contributed by atoms with Crippen molar-refractivity contribution in [2.75, 3.05) is 25.0 Å². The minimum atomic E-state index is -0.375. The molecular formula is C20H27N3O5. The van der Waals surface area contributed by atoms with Gasteiger partial charge in [-0.1, -0.05) is 6.07 Å². The predicted molar refractivity (Wildman–Crippen MR) is 104 cm³/mol. The van der Waals surface area contributed by atoms with Crippen LogP contribution >= 0.6 is 0 Å². The number of rotatable bonds is 7. The van der Waals surface area contributed by atoms with Gasteiger partial charge in [-0.25, -0.2) is 0 Å². The first-order valence-electron chi connectivity index (χ1n) is 9.51. The Morgan fingerprint density at radius 2 is 1.86 bits per heavy atom. The Morgan fingerprint density at radius 1 is 1.14 bits per heavy atom. The summed E-state index contributed by atoms with van der Waals surface area (Å²) in [5.41, 5.74) is 1.10. The number of benzene rings is 1. The lowest BCUT2D eigenvalue weighted by molar-refractivity contribution is -0.144. The zero-order valence-corrected chi connectivity index (χ0v) is 16.3. The summed E-state index contributed by atoms with van der Waals surface area (Å²) in [5, 5.41) is 5.58. The highest BCUT2D eigenvalue weighted by Gasteiger charge is 2.25. The molecule has 3 amide bonds. The smallest absolute Gasteiger partial charge is 0.306 e. The lowest BCUT2D eigenvalue weighted by Gasteiger charge is -2.32. The normalized spacial score (nSPS) is 14.3. The van der Waals surface area contributed by atoms with E-state index in [-0.39, 0.29) is 42.6 Å². The van der Waals surface area contributed by atoms with E-state index < -0.39 is 0 Å². The van der Waals surface area contributed by atoms with E-state index in [0.717, 1.165) is 0 Å². The van der Waals surface area contributed by atoms with Crippen LogP contribution in [0.4, 0.5) is 5.69 Å². The monoisotopic (exact) mass is 389 g/mol. The number of anilines is 1. The van der Waals surface area contributed by atoms with Crippen LogP contribution in [0.1, 0.15) is 49.9 Å². The molecule has 1 fully saturated rings. The van der Waals surface area contributed by atoms with E-state index in [1.165, 1.54) is 6.92 Å². The number of likely N-dealkylation sites (tertiary alicyclic amines) is 1. The molecule has 0 radical (unpaired) electrons. The Labute approximate surface area is 164 Å².